The third kappa shape index (κ3) is 4.64. The Labute approximate surface area is 205 Å². The number of aliphatic hydroxyl groups excluding tert-OH is 1. The minimum Gasteiger partial charge on any atom is -0.507 e. The van der Waals surface area contributed by atoms with Crippen LogP contribution in [0.25, 0.3) is 5.76 Å². The lowest BCUT2D eigenvalue weighted by molar-refractivity contribution is -0.141. The van der Waals surface area contributed by atoms with E-state index in [0.29, 0.717) is 35.3 Å². The molecule has 0 spiro atoms. The summed E-state index contributed by atoms with van der Waals surface area (Å²) in [5, 5.41) is 11.8. The number of hydrogen-bond acceptors (Lipinski definition) is 5. The molecule has 1 unspecified atom stereocenters. The molecule has 1 atom stereocenters. The topological polar surface area (TPSA) is 76.1 Å². The number of halogens is 1. The number of carbonyl (C=O) groups excluding carboxylic acids is 2. The molecule has 1 N–H and O–H groups in total. The van der Waals surface area contributed by atoms with E-state index < -0.39 is 17.7 Å². The Bertz CT molecular complexity index is 1110. The molecule has 7 heteroatoms. The van der Waals surface area contributed by atoms with Gasteiger partial charge in [-0.25, -0.2) is 0 Å². The second-order valence-corrected chi connectivity index (χ2v) is 8.99. The van der Waals surface area contributed by atoms with Crippen molar-refractivity contribution >= 4 is 29.1 Å². The molecule has 0 radical (unpaired) electrons. The summed E-state index contributed by atoms with van der Waals surface area (Å²) in [6.07, 6.45) is 4.81. The van der Waals surface area contributed by atoms with Gasteiger partial charge in [0.05, 0.1) is 29.9 Å². The first-order chi connectivity index (χ1) is 16.5. The minimum atomic E-state index is -0.699. The smallest absolute Gasteiger partial charge is 0.295 e. The molecular weight excluding hydrogens is 454 g/mol. The first-order valence-corrected chi connectivity index (χ1v) is 12.3. The van der Waals surface area contributed by atoms with Crippen LogP contribution in [0.5, 0.6) is 11.5 Å². The standard InChI is InChI=1S/C27H30ClNO5/c1-3-33-20-12-8-9-17(15-20)24-23(25(30)18-13-14-21(28)22(16-18)34-4-2)26(31)27(32)29(24)19-10-6-5-7-11-19/h8-9,12-16,19,24,30H,3-7,10-11H2,1-2H3/b25-23-. The first kappa shape index (κ1) is 24.1. The van der Waals surface area contributed by atoms with Gasteiger partial charge in [-0.15, -0.1) is 0 Å². The van der Waals surface area contributed by atoms with Crippen LogP contribution in [0, 0.1) is 0 Å². The SMILES string of the molecule is CCOc1cccc(C2/C(=C(/O)c3ccc(Cl)c(OCC)c3)C(=O)C(=O)N2C2CCCCC2)c1. The predicted molar refractivity (Wildman–Crippen MR) is 131 cm³/mol. The third-order valence-corrected chi connectivity index (χ3v) is 6.75. The summed E-state index contributed by atoms with van der Waals surface area (Å²) in [6.45, 7) is 4.64. The van der Waals surface area contributed by atoms with Crippen molar-refractivity contribution in [1.29, 1.82) is 0 Å². The summed E-state index contributed by atoms with van der Waals surface area (Å²) in [5.74, 6) is -0.424. The molecule has 1 aliphatic heterocycles. The highest BCUT2D eigenvalue weighted by molar-refractivity contribution is 6.46. The van der Waals surface area contributed by atoms with Crippen molar-refractivity contribution in [2.75, 3.05) is 13.2 Å². The molecule has 1 heterocycles. The second kappa shape index (κ2) is 10.5. The Balaban J connectivity index is 1.87. The Hall–Kier alpha value is -2.99. The molecule has 1 amide bonds. The number of ketones is 1. The van der Waals surface area contributed by atoms with Gasteiger partial charge in [0.15, 0.2) is 0 Å². The van der Waals surface area contributed by atoms with E-state index in [2.05, 4.69) is 0 Å². The van der Waals surface area contributed by atoms with Gasteiger partial charge in [0.1, 0.15) is 17.3 Å². The maximum Gasteiger partial charge on any atom is 0.295 e. The Morgan fingerprint density at radius 2 is 1.76 bits per heavy atom. The van der Waals surface area contributed by atoms with Crippen molar-refractivity contribution in [3.8, 4) is 11.5 Å². The number of Topliss-reactive ketones (excluding diaryl/α,β-unsaturated/α-hetero) is 1. The molecule has 6 nitrogen and oxygen atoms in total. The van der Waals surface area contributed by atoms with E-state index in [-0.39, 0.29) is 17.4 Å². The van der Waals surface area contributed by atoms with Crippen molar-refractivity contribution in [3.05, 3.63) is 64.2 Å². The molecule has 0 aromatic heterocycles. The number of nitrogens with zero attached hydrogens (tertiary/aromatic N) is 1. The van der Waals surface area contributed by atoms with Crippen LogP contribution in [0.2, 0.25) is 5.02 Å². The van der Waals surface area contributed by atoms with E-state index in [0.717, 1.165) is 37.7 Å². The lowest BCUT2D eigenvalue weighted by Gasteiger charge is -2.35. The fourth-order valence-electron chi connectivity index (χ4n) is 4.93. The number of ether oxygens (including phenoxy) is 2. The van der Waals surface area contributed by atoms with E-state index in [1.165, 1.54) is 0 Å². The monoisotopic (exact) mass is 483 g/mol. The van der Waals surface area contributed by atoms with Crippen LogP contribution in [0.15, 0.2) is 48.0 Å². The zero-order valence-electron chi connectivity index (χ0n) is 19.6. The number of aliphatic hydroxyl groups is 1. The number of hydrogen-bond donors (Lipinski definition) is 1. The lowest BCUT2D eigenvalue weighted by atomic mass is 9.91. The molecular formula is C27H30ClNO5. The Kier molecular flexibility index (Phi) is 7.47. The molecule has 0 bridgehead atoms. The van der Waals surface area contributed by atoms with E-state index in [9.17, 15) is 14.7 Å². The molecule has 1 saturated heterocycles. The molecule has 180 valence electrons. The highest BCUT2D eigenvalue weighted by Crippen LogP contribution is 2.44. The van der Waals surface area contributed by atoms with E-state index >= 15 is 0 Å². The van der Waals surface area contributed by atoms with E-state index in [1.807, 2.05) is 38.1 Å². The molecule has 4 rings (SSSR count). The average molecular weight is 484 g/mol. The summed E-state index contributed by atoms with van der Waals surface area (Å²) < 4.78 is 11.2. The lowest BCUT2D eigenvalue weighted by Crippen LogP contribution is -2.40. The summed E-state index contributed by atoms with van der Waals surface area (Å²) in [7, 11) is 0. The second-order valence-electron chi connectivity index (χ2n) is 8.58. The molecule has 34 heavy (non-hydrogen) atoms. The van der Waals surface area contributed by atoms with Crippen molar-refractivity contribution in [2.45, 2.75) is 58.0 Å². The van der Waals surface area contributed by atoms with Crippen molar-refractivity contribution in [2.24, 2.45) is 0 Å². The third-order valence-electron chi connectivity index (χ3n) is 6.44. The quantitative estimate of drug-likeness (QED) is 0.302. The van der Waals surface area contributed by atoms with E-state index in [1.54, 1.807) is 23.1 Å². The zero-order chi connectivity index (χ0) is 24.2. The molecule has 2 aliphatic rings. The number of benzene rings is 2. The van der Waals surface area contributed by atoms with Gasteiger partial charge in [0.2, 0.25) is 0 Å². The van der Waals surface area contributed by atoms with Gasteiger partial charge in [-0.3, -0.25) is 9.59 Å². The molecule has 2 aromatic carbocycles. The minimum absolute atomic E-state index is 0.0551. The maximum atomic E-state index is 13.3. The Morgan fingerprint density at radius 1 is 1.03 bits per heavy atom. The number of rotatable bonds is 7. The normalized spacial score (nSPS) is 20.6. The van der Waals surface area contributed by atoms with Crippen LogP contribution in [-0.4, -0.2) is 41.0 Å². The fraction of sp³-hybridized carbons (Fsp3) is 0.407. The van der Waals surface area contributed by atoms with Gasteiger partial charge in [-0.05, 0) is 62.6 Å². The van der Waals surface area contributed by atoms with Gasteiger partial charge in [0, 0.05) is 11.6 Å². The summed E-state index contributed by atoms with van der Waals surface area (Å²) in [5.41, 5.74) is 1.19. The van der Waals surface area contributed by atoms with Crippen molar-refractivity contribution in [1.82, 2.24) is 4.90 Å². The van der Waals surface area contributed by atoms with Crippen LogP contribution < -0.4 is 9.47 Å². The van der Waals surface area contributed by atoms with Crippen LogP contribution >= 0.6 is 11.6 Å². The predicted octanol–water partition coefficient (Wildman–Crippen LogP) is 5.89. The summed E-state index contributed by atoms with van der Waals surface area (Å²) >= 11 is 6.22. The molecule has 2 aromatic rings. The van der Waals surface area contributed by atoms with Gasteiger partial charge in [-0.1, -0.05) is 43.0 Å². The zero-order valence-corrected chi connectivity index (χ0v) is 20.3. The summed E-state index contributed by atoms with van der Waals surface area (Å²) in [4.78, 5) is 28.3. The molecule has 1 saturated carbocycles. The maximum absolute atomic E-state index is 13.3. The highest BCUT2D eigenvalue weighted by Gasteiger charge is 2.49. The van der Waals surface area contributed by atoms with Gasteiger partial charge in [-0.2, -0.15) is 0 Å². The first-order valence-electron chi connectivity index (χ1n) is 11.9. The van der Waals surface area contributed by atoms with Crippen LogP contribution in [0.4, 0.5) is 0 Å². The summed E-state index contributed by atoms with van der Waals surface area (Å²) in [6, 6.07) is 11.5. The van der Waals surface area contributed by atoms with Gasteiger partial charge >= 0.3 is 0 Å². The van der Waals surface area contributed by atoms with Crippen LogP contribution in [-0.2, 0) is 9.59 Å². The Morgan fingerprint density at radius 3 is 2.47 bits per heavy atom. The number of amides is 1. The number of carbonyl (C=O) groups is 2. The highest BCUT2D eigenvalue weighted by atomic mass is 35.5. The van der Waals surface area contributed by atoms with Crippen LogP contribution in [0.1, 0.15) is 63.1 Å². The fourth-order valence-corrected chi connectivity index (χ4v) is 5.10. The van der Waals surface area contributed by atoms with Gasteiger partial charge < -0.3 is 19.5 Å². The molecule has 2 fully saturated rings. The van der Waals surface area contributed by atoms with Crippen LogP contribution in [0.3, 0.4) is 0 Å². The van der Waals surface area contributed by atoms with Gasteiger partial charge in [0.25, 0.3) is 11.7 Å². The average Bonchev–Trinajstić information content (AvgIpc) is 3.11. The van der Waals surface area contributed by atoms with Crippen molar-refractivity contribution < 1.29 is 24.2 Å². The largest absolute Gasteiger partial charge is 0.507 e. The van der Waals surface area contributed by atoms with Crippen molar-refractivity contribution in [3.63, 3.8) is 0 Å². The molecule has 1 aliphatic carbocycles. The number of likely N-dealkylation sites (tertiary alicyclic amines) is 1. The van der Waals surface area contributed by atoms with E-state index in [4.69, 9.17) is 21.1 Å².